The Bertz CT molecular complexity index is 315. The molecule has 5 heteroatoms. The van der Waals surface area contributed by atoms with Crippen LogP contribution in [0.25, 0.3) is 0 Å². The highest BCUT2D eigenvalue weighted by molar-refractivity contribution is 9.13. The van der Waals surface area contributed by atoms with Crippen molar-refractivity contribution in [3.63, 3.8) is 0 Å². The van der Waals surface area contributed by atoms with Crippen molar-refractivity contribution in [1.29, 1.82) is 0 Å². The van der Waals surface area contributed by atoms with Crippen LogP contribution in [0.15, 0.2) is 14.3 Å². The average Bonchev–Trinajstić information content (AvgIpc) is 2.77. The predicted molar refractivity (Wildman–Crippen MR) is 72.5 cm³/mol. The third kappa shape index (κ3) is 3.03. The summed E-state index contributed by atoms with van der Waals surface area (Å²) < 4.78 is 2.36. The van der Waals surface area contributed by atoms with Crippen LogP contribution in [-0.4, -0.2) is 31.1 Å². The fraction of sp³-hybridized carbons (Fsp3) is 0.600. The summed E-state index contributed by atoms with van der Waals surface area (Å²) in [6.07, 6.45) is 1.27. The summed E-state index contributed by atoms with van der Waals surface area (Å²) in [5.41, 5.74) is 0. The molecule has 1 fully saturated rings. The lowest BCUT2D eigenvalue weighted by molar-refractivity contribution is 0.251. The van der Waals surface area contributed by atoms with E-state index >= 15 is 0 Å². The normalized spacial score (nSPS) is 21.5. The van der Waals surface area contributed by atoms with Crippen LogP contribution in [0.2, 0.25) is 0 Å². The summed E-state index contributed by atoms with van der Waals surface area (Å²) in [5.74, 6) is 0. The first kappa shape index (κ1) is 12.0. The standard InChI is InChI=1S/C10H14Br2N2S/c1-14(7-2-3-13-5-7)6-8-4-9(11)10(12)15-8/h4,7,13H,2-3,5-6H2,1H3. The highest BCUT2D eigenvalue weighted by atomic mass is 79.9. The van der Waals surface area contributed by atoms with E-state index in [0.29, 0.717) is 6.04 Å². The molecule has 1 aromatic rings. The summed E-state index contributed by atoms with van der Waals surface area (Å²) in [5, 5.41) is 3.40. The number of likely N-dealkylation sites (N-methyl/N-ethyl adjacent to an activating group) is 1. The molecule has 1 N–H and O–H groups in total. The summed E-state index contributed by atoms with van der Waals surface area (Å²) in [4.78, 5) is 3.84. The van der Waals surface area contributed by atoms with E-state index in [1.807, 2.05) is 11.3 Å². The summed E-state index contributed by atoms with van der Waals surface area (Å²) in [6.45, 7) is 3.33. The van der Waals surface area contributed by atoms with Crippen LogP contribution in [0.4, 0.5) is 0 Å². The number of halogens is 2. The molecular formula is C10H14Br2N2S. The molecule has 0 aliphatic carbocycles. The monoisotopic (exact) mass is 352 g/mol. The number of nitrogens with zero attached hydrogens (tertiary/aromatic N) is 1. The molecule has 1 aliphatic rings. The molecular weight excluding hydrogens is 340 g/mol. The second-order valence-corrected chi connectivity index (χ2v) is 7.21. The van der Waals surface area contributed by atoms with Gasteiger partial charge >= 0.3 is 0 Å². The Morgan fingerprint density at radius 1 is 1.60 bits per heavy atom. The van der Waals surface area contributed by atoms with Gasteiger partial charge in [-0.15, -0.1) is 11.3 Å². The fourth-order valence-electron chi connectivity index (χ4n) is 1.86. The minimum Gasteiger partial charge on any atom is -0.315 e. The van der Waals surface area contributed by atoms with Crippen molar-refractivity contribution >= 4 is 43.2 Å². The molecule has 1 unspecified atom stereocenters. The van der Waals surface area contributed by atoms with Crippen molar-refractivity contribution in [3.05, 3.63) is 19.2 Å². The Hall–Kier alpha value is 0.580. The number of thiophene rings is 1. The molecule has 0 saturated carbocycles. The van der Waals surface area contributed by atoms with Gasteiger partial charge in [0.15, 0.2) is 0 Å². The van der Waals surface area contributed by atoms with Crippen LogP contribution >= 0.6 is 43.2 Å². The first-order valence-electron chi connectivity index (χ1n) is 5.01. The fourth-order valence-corrected chi connectivity index (χ4v) is 4.10. The molecule has 15 heavy (non-hydrogen) atoms. The van der Waals surface area contributed by atoms with E-state index in [9.17, 15) is 0 Å². The van der Waals surface area contributed by atoms with E-state index in [1.54, 1.807) is 0 Å². The van der Waals surface area contributed by atoms with Gasteiger partial charge in [0.1, 0.15) is 0 Å². The van der Waals surface area contributed by atoms with Gasteiger partial charge in [-0.25, -0.2) is 0 Å². The van der Waals surface area contributed by atoms with Gasteiger partial charge in [0, 0.05) is 28.5 Å². The molecule has 2 heterocycles. The quantitative estimate of drug-likeness (QED) is 0.898. The number of hydrogen-bond acceptors (Lipinski definition) is 3. The van der Waals surface area contributed by atoms with E-state index in [0.717, 1.165) is 19.6 Å². The number of hydrogen-bond donors (Lipinski definition) is 1. The highest BCUT2D eigenvalue weighted by Gasteiger charge is 2.19. The first-order chi connectivity index (χ1) is 7.16. The van der Waals surface area contributed by atoms with Gasteiger partial charge in [-0.2, -0.15) is 0 Å². The van der Waals surface area contributed by atoms with Crippen LogP contribution in [0.5, 0.6) is 0 Å². The lowest BCUT2D eigenvalue weighted by atomic mass is 10.2. The van der Waals surface area contributed by atoms with Crippen molar-refractivity contribution in [2.24, 2.45) is 0 Å². The van der Waals surface area contributed by atoms with Crippen molar-refractivity contribution < 1.29 is 0 Å². The molecule has 0 amide bonds. The van der Waals surface area contributed by atoms with Gasteiger partial charge in [0.2, 0.25) is 0 Å². The molecule has 1 saturated heterocycles. The zero-order valence-corrected chi connectivity index (χ0v) is 12.6. The minimum absolute atomic E-state index is 0.699. The van der Waals surface area contributed by atoms with E-state index < -0.39 is 0 Å². The lowest BCUT2D eigenvalue weighted by Gasteiger charge is -2.22. The Morgan fingerprint density at radius 3 is 2.93 bits per heavy atom. The smallest absolute Gasteiger partial charge is 0.0843 e. The van der Waals surface area contributed by atoms with E-state index in [1.165, 1.54) is 19.6 Å². The average molecular weight is 354 g/mol. The van der Waals surface area contributed by atoms with Crippen molar-refractivity contribution in [3.8, 4) is 0 Å². The van der Waals surface area contributed by atoms with Crippen molar-refractivity contribution in [2.45, 2.75) is 19.0 Å². The zero-order valence-electron chi connectivity index (χ0n) is 8.59. The van der Waals surface area contributed by atoms with Crippen LogP contribution in [0, 0.1) is 0 Å². The Balaban J connectivity index is 1.95. The van der Waals surface area contributed by atoms with Crippen molar-refractivity contribution in [1.82, 2.24) is 10.2 Å². The SMILES string of the molecule is CN(Cc1cc(Br)c(Br)s1)C1CCNC1. The second-order valence-electron chi connectivity index (χ2n) is 3.90. The van der Waals surface area contributed by atoms with Gasteiger partial charge < -0.3 is 5.32 Å². The third-order valence-corrected chi connectivity index (χ3v) is 6.00. The van der Waals surface area contributed by atoms with E-state index in [4.69, 9.17) is 0 Å². The van der Waals surface area contributed by atoms with E-state index in [2.05, 4.69) is 55.2 Å². The molecule has 84 valence electrons. The van der Waals surface area contributed by atoms with Crippen LogP contribution in [-0.2, 0) is 6.54 Å². The molecule has 0 bridgehead atoms. The first-order valence-corrected chi connectivity index (χ1v) is 7.41. The number of rotatable bonds is 3. The molecule has 0 aromatic carbocycles. The van der Waals surface area contributed by atoms with Gasteiger partial charge in [-0.1, -0.05) is 0 Å². The van der Waals surface area contributed by atoms with Gasteiger partial charge in [-0.05, 0) is 57.9 Å². The molecule has 1 aliphatic heterocycles. The zero-order chi connectivity index (χ0) is 10.8. The predicted octanol–water partition coefficient (Wildman–Crippen LogP) is 3.07. The van der Waals surface area contributed by atoms with Crippen LogP contribution in [0.3, 0.4) is 0 Å². The van der Waals surface area contributed by atoms with Gasteiger partial charge in [0.05, 0.1) is 3.79 Å². The van der Waals surface area contributed by atoms with Crippen LogP contribution < -0.4 is 5.32 Å². The van der Waals surface area contributed by atoms with Gasteiger partial charge in [-0.3, -0.25) is 4.90 Å². The topological polar surface area (TPSA) is 15.3 Å². The summed E-state index contributed by atoms with van der Waals surface area (Å²) in [7, 11) is 2.21. The molecule has 1 aromatic heterocycles. The molecule has 0 radical (unpaired) electrons. The second kappa shape index (κ2) is 5.27. The maximum atomic E-state index is 3.53. The highest BCUT2D eigenvalue weighted by Crippen LogP contribution is 2.33. The molecule has 1 atom stereocenters. The Morgan fingerprint density at radius 2 is 2.40 bits per heavy atom. The van der Waals surface area contributed by atoms with Crippen molar-refractivity contribution in [2.75, 3.05) is 20.1 Å². The number of nitrogens with one attached hydrogen (secondary N) is 1. The Labute approximate surface area is 111 Å². The third-order valence-electron chi connectivity index (χ3n) is 2.76. The van der Waals surface area contributed by atoms with E-state index in [-0.39, 0.29) is 0 Å². The van der Waals surface area contributed by atoms with Gasteiger partial charge in [0.25, 0.3) is 0 Å². The maximum Gasteiger partial charge on any atom is 0.0843 e. The maximum absolute atomic E-state index is 3.53. The summed E-state index contributed by atoms with van der Waals surface area (Å²) in [6, 6.07) is 2.90. The minimum atomic E-state index is 0.699. The molecule has 2 nitrogen and oxygen atoms in total. The molecule has 0 spiro atoms. The lowest BCUT2D eigenvalue weighted by Crippen LogP contribution is -2.32. The van der Waals surface area contributed by atoms with Crippen LogP contribution in [0.1, 0.15) is 11.3 Å². The largest absolute Gasteiger partial charge is 0.315 e. The summed E-state index contributed by atoms with van der Waals surface area (Å²) >= 11 is 8.86. The Kier molecular flexibility index (Phi) is 4.24. The molecule has 2 rings (SSSR count).